The molecule has 0 bridgehead atoms. The fourth-order valence-corrected chi connectivity index (χ4v) is 4.46. The molecule has 0 heterocycles. The molecular formula is C18H29BrN2. The molecule has 0 radical (unpaired) electrons. The van der Waals surface area contributed by atoms with E-state index in [1.165, 1.54) is 42.3 Å². The zero-order valence-electron chi connectivity index (χ0n) is 13.7. The van der Waals surface area contributed by atoms with Crippen LogP contribution in [0.4, 0.5) is 0 Å². The average Bonchev–Trinajstić information content (AvgIpc) is 2.41. The van der Waals surface area contributed by atoms with Gasteiger partial charge in [-0.05, 0) is 49.9 Å². The van der Waals surface area contributed by atoms with Crippen LogP contribution in [0.2, 0.25) is 0 Å². The highest BCUT2D eigenvalue weighted by atomic mass is 79.9. The van der Waals surface area contributed by atoms with Crippen LogP contribution in [0.1, 0.15) is 38.2 Å². The summed E-state index contributed by atoms with van der Waals surface area (Å²) in [6.07, 6.45) is 5.50. The lowest BCUT2D eigenvalue weighted by atomic mass is 9.69. The Morgan fingerprint density at radius 1 is 1.38 bits per heavy atom. The van der Waals surface area contributed by atoms with Gasteiger partial charge in [0.05, 0.1) is 0 Å². The van der Waals surface area contributed by atoms with Crippen molar-refractivity contribution in [2.45, 2.75) is 39.2 Å². The molecule has 2 unspecified atom stereocenters. The Balaban J connectivity index is 2.01. The third kappa shape index (κ3) is 4.80. The summed E-state index contributed by atoms with van der Waals surface area (Å²) in [5.41, 5.74) is 1.83. The molecule has 118 valence electrons. The maximum absolute atomic E-state index is 3.66. The Kier molecular flexibility index (Phi) is 6.27. The minimum Gasteiger partial charge on any atom is -0.319 e. The van der Waals surface area contributed by atoms with Crippen LogP contribution in [0.25, 0.3) is 0 Å². The van der Waals surface area contributed by atoms with Crippen LogP contribution in [0.15, 0.2) is 28.7 Å². The van der Waals surface area contributed by atoms with Gasteiger partial charge in [-0.15, -0.1) is 0 Å². The molecule has 0 amide bonds. The average molecular weight is 353 g/mol. The predicted octanol–water partition coefficient (Wildman–Crippen LogP) is 4.30. The molecule has 2 atom stereocenters. The number of nitrogens with zero attached hydrogens (tertiary/aromatic N) is 1. The lowest BCUT2D eigenvalue weighted by Gasteiger charge is -2.42. The third-order valence-corrected chi connectivity index (χ3v) is 5.51. The summed E-state index contributed by atoms with van der Waals surface area (Å²) in [4.78, 5) is 2.50. The van der Waals surface area contributed by atoms with Crippen LogP contribution in [-0.4, -0.2) is 32.1 Å². The number of halogens is 1. The first-order valence-electron chi connectivity index (χ1n) is 8.11. The fraction of sp³-hybridized carbons (Fsp3) is 0.667. The van der Waals surface area contributed by atoms with E-state index in [0.29, 0.717) is 5.41 Å². The minimum absolute atomic E-state index is 0.447. The number of nitrogens with one attached hydrogen (secondary N) is 1. The van der Waals surface area contributed by atoms with Crippen LogP contribution in [0, 0.1) is 11.3 Å². The number of benzene rings is 1. The standard InChI is InChI=1S/C18H29BrN2/c1-15-7-6-10-18(11-15,13-20-2)14-21(3)12-16-8-4-5-9-17(16)19/h4-5,8-9,15,20H,6-7,10-14H2,1-3H3. The molecule has 3 heteroatoms. The van der Waals surface area contributed by atoms with Crippen LogP contribution < -0.4 is 5.32 Å². The maximum Gasteiger partial charge on any atom is 0.0242 e. The molecule has 0 saturated heterocycles. The monoisotopic (exact) mass is 352 g/mol. The van der Waals surface area contributed by atoms with Crippen molar-refractivity contribution in [1.82, 2.24) is 10.2 Å². The lowest BCUT2D eigenvalue weighted by molar-refractivity contribution is 0.0909. The molecule has 2 rings (SSSR count). The highest BCUT2D eigenvalue weighted by Gasteiger charge is 2.35. The molecule has 0 spiro atoms. The Morgan fingerprint density at radius 3 is 2.81 bits per heavy atom. The molecule has 1 saturated carbocycles. The fourth-order valence-electron chi connectivity index (χ4n) is 4.05. The number of rotatable bonds is 6. The molecule has 1 aromatic carbocycles. The van der Waals surface area contributed by atoms with E-state index in [9.17, 15) is 0 Å². The number of hydrogen-bond acceptors (Lipinski definition) is 2. The first-order valence-corrected chi connectivity index (χ1v) is 8.90. The molecule has 0 aromatic heterocycles. The van der Waals surface area contributed by atoms with E-state index in [1.807, 2.05) is 0 Å². The van der Waals surface area contributed by atoms with Crippen LogP contribution in [0.5, 0.6) is 0 Å². The second kappa shape index (κ2) is 7.75. The minimum atomic E-state index is 0.447. The molecule has 1 N–H and O–H groups in total. The Labute approximate surface area is 138 Å². The van der Waals surface area contributed by atoms with Crippen LogP contribution >= 0.6 is 15.9 Å². The van der Waals surface area contributed by atoms with E-state index < -0.39 is 0 Å². The van der Waals surface area contributed by atoms with Crippen LogP contribution in [-0.2, 0) is 6.54 Å². The zero-order chi connectivity index (χ0) is 15.3. The van der Waals surface area contributed by atoms with Crippen molar-refractivity contribution < 1.29 is 0 Å². The van der Waals surface area contributed by atoms with Gasteiger partial charge in [-0.25, -0.2) is 0 Å². The Hall–Kier alpha value is -0.380. The Morgan fingerprint density at radius 2 is 2.14 bits per heavy atom. The summed E-state index contributed by atoms with van der Waals surface area (Å²) in [5.74, 6) is 0.865. The maximum atomic E-state index is 3.66. The van der Waals surface area contributed by atoms with E-state index >= 15 is 0 Å². The van der Waals surface area contributed by atoms with Gasteiger partial charge in [0.25, 0.3) is 0 Å². The zero-order valence-corrected chi connectivity index (χ0v) is 15.2. The van der Waals surface area contributed by atoms with E-state index in [2.05, 4.69) is 71.4 Å². The molecule has 21 heavy (non-hydrogen) atoms. The molecule has 1 aromatic rings. The molecule has 0 aliphatic heterocycles. The highest BCUT2D eigenvalue weighted by molar-refractivity contribution is 9.10. The van der Waals surface area contributed by atoms with Crippen molar-refractivity contribution in [1.29, 1.82) is 0 Å². The normalized spacial score (nSPS) is 26.2. The van der Waals surface area contributed by atoms with Crippen LogP contribution in [0.3, 0.4) is 0 Å². The molecule has 1 aliphatic rings. The largest absolute Gasteiger partial charge is 0.319 e. The van der Waals surface area contributed by atoms with E-state index in [1.54, 1.807) is 0 Å². The van der Waals surface area contributed by atoms with E-state index in [0.717, 1.165) is 19.0 Å². The van der Waals surface area contributed by atoms with Crippen molar-refractivity contribution >= 4 is 15.9 Å². The number of hydrogen-bond donors (Lipinski definition) is 1. The van der Waals surface area contributed by atoms with E-state index in [4.69, 9.17) is 0 Å². The predicted molar refractivity (Wildman–Crippen MR) is 94.5 cm³/mol. The summed E-state index contributed by atoms with van der Waals surface area (Å²) in [6, 6.07) is 8.56. The smallest absolute Gasteiger partial charge is 0.0242 e. The SMILES string of the molecule is CNCC1(CN(C)Cc2ccccc2Br)CCCC(C)C1. The first kappa shape index (κ1) is 17.0. The van der Waals surface area contributed by atoms with Gasteiger partial charge >= 0.3 is 0 Å². The van der Waals surface area contributed by atoms with E-state index in [-0.39, 0.29) is 0 Å². The van der Waals surface area contributed by atoms with Gasteiger partial charge in [0.1, 0.15) is 0 Å². The second-order valence-corrected chi connectivity index (χ2v) is 7.85. The van der Waals surface area contributed by atoms with Crippen molar-refractivity contribution in [2.24, 2.45) is 11.3 Å². The molecule has 1 fully saturated rings. The lowest BCUT2D eigenvalue weighted by Crippen LogP contribution is -2.44. The van der Waals surface area contributed by atoms with Crippen molar-refractivity contribution in [3.63, 3.8) is 0 Å². The van der Waals surface area contributed by atoms with Crippen molar-refractivity contribution in [3.8, 4) is 0 Å². The van der Waals surface area contributed by atoms with Gasteiger partial charge in [-0.3, -0.25) is 0 Å². The van der Waals surface area contributed by atoms with Gasteiger partial charge in [-0.1, -0.05) is 53.9 Å². The Bertz CT molecular complexity index is 445. The summed E-state index contributed by atoms with van der Waals surface area (Å²) < 4.78 is 1.22. The molecule has 1 aliphatic carbocycles. The molecular weight excluding hydrogens is 324 g/mol. The highest BCUT2D eigenvalue weighted by Crippen LogP contribution is 2.39. The van der Waals surface area contributed by atoms with Gasteiger partial charge in [0, 0.05) is 24.1 Å². The van der Waals surface area contributed by atoms with Gasteiger partial charge < -0.3 is 10.2 Å². The summed E-state index contributed by atoms with van der Waals surface area (Å²) in [7, 11) is 4.35. The third-order valence-electron chi connectivity index (χ3n) is 4.74. The second-order valence-electron chi connectivity index (χ2n) is 7.00. The quantitative estimate of drug-likeness (QED) is 0.820. The van der Waals surface area contributed by atoms with Gasteiger partial charge in [-0.2, -0.15) is 0 Å². The summed E-state index contributed by atoms with van der Waals surface area (Å²) >= 11 is 3.66. The topological polar surface area (TPSA) is 15.3 Å². The summed E-state index contributed by atoms with van der Waals surface area (Å²) in [5, 5.41) is 3.44. The van der Waals surface area contributed by atoms with Gasteiger partial charge in [0.2, 0.25) is 0 Å². The first-order chi connectivity index (χ1) is 10.0. The van der Waals surface area contributed by atoms with Crippen molar-refractivity contribution in [3.05, 3.63) is 34.3 Å². The molecule has 2 nitrogen and oxygen atoms in total. The summed E-state index contributed by atoms with van der Waals surface area (Å²) in [6.45, 7) is 5.75. The van der Waals surface area contributed by atoms with Crippen molar-refractivity contribution in [2.75, 3.05) is 27.2 Å². The van der Waals surface area contributed by atoms with Gasteiger partial charge in [0.15, 0.2) is 0 Å².